The van der Waals surface area contributed by atoms with Crippen molar-refractivity contribution < 1.29 is 5.11 Å². The van der Waals surface area contributed by atoms with Crippen molar-refractivity contribution in [1.29, 1.82) is 0 Å². The molecule has 16 heavy (non-hydrogen) atoms. The Hall–Kier alpha value is -0.120. The number of hydrogen-bond donors (Lipinski definition) is 1. The Labute approximate surface area is 99.4 Å². The van der Waals surface area contributed by atoms with E-state index in [2.05, 4.69) is 23.9 Å². The van der Waals surface area contributed by atoms with Gasteiger partial charge in [-0.2, -0.15) is 0 Å². The summed E-state index contributed by atoms with van der Waals surface area (Å²) in [6.07, 6.45) is 5.98. The van der Waals surface area contributed by atoms with Gasteiger partial charge in [-0.25, -0.2) is 0 Å². The van der Waals surface area contributed by atoms with E-state index in [1.165, 1.54) is 19.3 Å². The van der Waals surface area contributed by atoms with Crippen LogP contribution in [0.5, 0.6) is 0 Å². The summed E-state index contributed by atoms with van der Waals surface area (Å²) in [7, 11) is 4.37. The summed E-state index contributed by atoms with van der Waals surface area (Å²) >= 11 is 0. The van der Waals surface area contributed by atoms with Gasteiger partial charge in [0.1, 0.15) is 0 Å². The summed E-state index contributed by atoms with van der Waals surface area (Å²) in [4.78, 5) is 4.78. The third kappa shape index (κ3) is 3.19. The molecule has 0 aromatic rings. The fourth-order valence-corrected chi connectivity index (χ4v) is 2.88. The highest BCUT2D eigenvalue weighted by molar-refractivity contribution is 4.82. The van der Waals surface area contributed by atoms with Crippen LogP contribution in [0.3, 0.4) is 0 Å². The normalized spacial score (nSPS) is 31.3. The Balaban J connectivity index is 1.73. The Morgan fingerprint density at radius 1 is 1.19 bits per heavy atom. The molecule has 0 aromatic heterocycles. The number of hydrogen-bond acceptors (Lipinski definition) is 3. The minimum Gasteiger partial charge on any atom is -0.393 e. The van der Waals surface area contributed by atoms with Crippen molar-refractivity contribution in [3.8, 4) is 0 Å². The predicted molar refractivity (Wildman–Crippen MR) is 66.5 cm³/mol. The maximum atomic E-state index is 10.1. The molecule has 1 saturated heterocycles. The monoisotopic (exact) mass is 226 g/mol. The van der Waals surface area contributed by atoms with Crippen molar-refractivity contribution in [2.45, 2.75) is 44.2 Å². The SMILES string of the molecule is CN1CCN(C)C(CC(O)CC2CCC2)C1. The molecule has 1 saturated carbocycles. The van der Waals surface area contributed by atoms with Crippen LogP contribution in [0.15, 0.2) is 0 Å². The van der Waals surface area contributed by atoms with Gasteiger partial charge in [-0.15, -0.1) is 0 Å². The Morgan fingerprint density at radius 3 is 2.56 bits per heavy atom. The van der Waals surface area contributed by atoms with Crippen molar-refractivity contribution in [3.63, 3.8) is 0 Å². The molecule has 1 N–H and O–H groups in total. The van der Waals surface area contributed by atoms with E-state index in [-0.39, 0.29) is 6.10 Å². The van der Waals surface area contributed by atoms with Crippen LogP contribution < -0.4 is 0 Å². The standard InChI is InChI=1S/C13H26N2O/c1-14-6-7-15(2)12(10-14)9-13(16)8-11-4-3-5-11/h11-13,16H,3-10H2,1-2H3. The van der Waals surface area contributed by atoms with E-state index in [4.69, 9.17) is 0 Å². The highest BCUT2D eigenvalue weighted by atomic mass is 16.3. The molecule has 3 nitrogen and oxygen atoms in total. The van der Waals surface area contributed by atoms with E-state index >= 15 is 0 Å². The second kappa shape index (κ2) is 5.48. The summed E-state index contributed by atoms with van der Waals surface area (Å²) in [5.41, 5.74) is 0. The molecule has 2 fully saturated rings. The van der Waals surface area contributed by atoms with Crippen LogP contribution in [0.25, 0.3) is 0 Å². The van der Waals surface area contributed by atoms with Gasteiger partial charge in [0.05, 0.1) is 6.10 Å². The molecular formula is C13H26N2O. The molecule has 0 radical (unpaired) electrons. The molecule has 3 heteroatoms. The Kier molecular flexibility index (Phi) is 4.22. The maximum Gasteiger partial charge on any atom is 0.0558 e. The molecule has 1 aliphatic heterocycles. The van der Waals surface area contributed by atoms with E-state index in [1.54, 1.807) is 0 Å². The van der Waals surface area contributed by atoms with Crippen molar-refractivity contribution in [1.82, 2.24) is 9.80 Å². The molecule has 1 aliphatic carbocycles. The van der Waals surface area contributed by atoms with Crippen LogP contribution >= 0.6 is 0 Å². The van der Waals surface area contributed by atoms with E-state index in [1.807, 2.05) is 0 Å². The quantitative estimate of drug-likeness (QED) is 0.779. The third-order valence-electron chi connectivity index (χ3n) is 4.35. The average molecular weight is 226 g/mol. The molecule has 0 amide bonds. The fourth-order valence-electron chi connectivity index (χ4n) is 2.88. The second-order valence-electron chi connectivity index (χ2n) is 5.82. The average Bonchev–Trinajstić information content (AvgIpc) is 2.18. The first kappa shape index (κ1) is 12.3. The summed E-state index contributed by atoms with van der Waals surface area (Å²) in [5, 5.41) is 10.1. The van der Waals surface area contributed by atoms with Gasteiger partial charge >= 0.3 is 0 Å². The molecule has 94 valence electrons. The number of piperazine rings is 1. The van der Waals surface area contributed by atoms with Crippen LogP contribution in [0, 0.1) is 5.92 Å². The zero-order valence-electron chi connectivity index (χ0n) is 10.7. The Bertz CT molecular complexity index is 218. The van der Waals surface area contributed by atoms with Gasteiger partial charge in [0.25, 0.3) is 0 Å². The molecule has 1 heterocycles. The lowest BCUT2D eigenvalue weighted by Gasteiger charge is -2.39. The van der Waals surface area contributed by atoms with Gasteiger partial charge in [-0.1, -0.05) is 19.3 Å². The summed E-state index contributed by atoms with van der Waals surface area (Å²) in [6.45, 7) is 3.40. The third-order valence-corrected chi connectivity index (χ3v) is 4.35. The lowest BCUT2D eigenvalue weighted by molar-refractivity contribution is 0.0463. The smallest absolute Gasteiger partial charge is 0.0558 e. The highest BCUT2D eigenvalue weighted by Gasteiger charge is 2.27. The van der Waals surface area contributed by atoms with Gasteiger partial charge in [0.15, 0.2) is 0 Å². The van der Waals surface area contributed by atoms with Crippen LogP contribution in [-0.4, -0.2) is 60.8 Å². The number of aliphatic hydroxyl groups is 1. The first-order valence-electron chi connectivity index (χ1n) is 6.72. The van der Waals surface area contributed by atoms with Crippen LogP contribution in [0.4, 0.5) is 0 Å². The van der Waals surface area contributed by atoms with Crippen molar-refractivity contribution in [3.05, 3.63) is 0 Å². The Morgan fingerprint density at radius 2 is 1.94 bits per heavy atom. The van der Waals surface area contributed by atoms with E-state index < -0.39 is 0 Å². The molecule has 2 unspecified atom stereocenters. The molecule has 0 aromatic carbocycles. The molecule has 2 rings (SSSR count). The van der Waals surface area contributed by atoms with Crippen molar-refractivity contribution in [2.75, 3.05) is 33.7 Å². The lowest BCUT2D eigenvalue weighted by atomic mass is 9.80. The zero-order chi connectivity index (χ0) is 11.5. The van der Waals surface area contributed by atoms with Crippen LogP contribution in [0.2, 0.25) is 0 Å². The largest absolute Gasteiger partial charge is 0.393 e. The van der Waals surface area contributed by atoms with Gasteiger partial charge < -0.3 is 14.9 Å². The van der Waals surface area contributed by atoms with Gasteiger partial charge in [-0.05, 0) is 32.9 Å². The predicted octanol–water partition coefficient (Wildman–Crippen LogP) is 1.17. The fraction of sp³-hybridized carbons (Fsp3) is 1.00. The molecule has 2 atom stereocenters. The summed E-state index contributed by atoms with van der Waals surface area (Å²) in [6, 6.07) is 0.550. The number of rotatable bonds is 4. The lowest BCUT2D eigenvalue weighted by Crippen LogP contribution is -2.51. The maximum absolute atomic E-state index is 10.1. The topological polar surface area (TPSA) is 26.7 Å². The molecule has 0 spiro atoms. The minimum atomic E-state index is -0.0794. The summed E-state index contributed by atoms with van der Waals surface area (Å²) < 4.78 is 0. The number of aliphatic hydroxyl groups excluding tert-OH is 1. The van der Waals surface area contributed by atoms with E-state index in [0.717, 1.165) is 38.4 Å². The van der Waals surface area contributed by atoms with Crippen molar-refractivity contribution in [2.24, 2.45) is 5.92 Å². The molecule has 0 bridgehead atoms. The van der Waals surface area contributed by atoms with Gasteiger partial charge in [0, 0.05) is 25.7 Å². The number of nitrogens with zero attached hydrogens (tertiary/aromatic N) is 2. The van der Waals surface area contributed by atoms with E-state index in [0.29, 0.717) is 6.04 Å². The van der Waals surface area contributed by atoms with Crippen molar-refractivity contribution >= 4 is 0 Å². The first-order valence-corrected chi connectivity index (χ1v) is 6.72. The zero-order valence-corrected chi connectivity index (χ0v) is 10.7. The van der Waals surface area contributed by atoms with Crippen LogP contribution in [-0.2, 0) is 0 Å². The first-order chi connectivity index (χ1) is 7.65. The minimum absolute atomic E-state index is 0.0794. The van der Waals surface area contributed by atoms with Gasteiger partial charge in [0.2, 0.25) is 0 Å². The van der Waals surface area contributed by atoms with Gasteiger partial charge in [-0.3, -0.25) is 0 Å². The summed E-state index contributed by atoms with van der Waals surface area (Å²) in [5.74, 6) is 0.821. The number of likely N-dealkylation sites (N-methyl/N-ethyl adjacent to an activating group) is 2. The van der Waals surface area contributed by atoms with Crippen LogP contribution in [0.1, 0.15) is 32.1 Å². The second-order valence-corrected chi connectivity index (χ2v) is 5.82. The molecular weight excluding hydrogens is 200 g/mol. The van der Waals surface area contributed by atoms with E-state index in [9.17, 15) is 5.11 Å². The highest BCUT2D eigenvalue weighted by Crippen LogP contribution is 2.31. The molecule has 2 aliphatic rings.